The molecule has 0 saturated heterocycles. The third kappa shape index (κ3) is 3.29. The number of nitrogens with one attached hydrogen (secondary N) is 2. The van der Waals surface area contributed by atoms with E-state index in [1.807, 2.05) is 67.6 Å². The van der Waals surface area contributed by atoms with Crippen LogP contribution >= 0.6 is 0 Å². The smallest absolute Gasteiger partial charge is 0.232 e. The summed E-state index contributed by atoms with van der Waals surface area (Å²) in [4.78, 5) is 18.1. The summed E-state index contributed by atoms with van der Waals surface area (Å²) in [5.74, 6) is 2.28. The first-order valence-corrected chi connectivity index (χ1v) is 9.20. The van der Waals surface area contributed by atoms with E-state index in [2.05, 4.69) is 30.5 Å². The Labute approximate surface area is 166 Å². The van der Waals surface area contributed by atoms with Gasteiger partial charge in [0.2, 0.25) is 5.95 Å². The third-order valence-electron chi connectivity index (χ3n) is 4.66. The number of anilines is 2. The number of H-pyrrole nitrogens is 1. The number of benzene rings is 2. The molecule has 0 aliphatic carbocycles. The second-order valence-electron chi connectivity index (χ2n) is 6.60. The average molecular weight is 379 g/mol. The van der Waals surface area contributed by atoms with Crippen LogP contribution in [-0.4, -0.2) is 30.1 Å². The number of nitrogens with zero attached hydrogens (tertiary/aromatic N) is 5. The van der Waals surface area contributed by atoms with Crippen LogP contribution in [0.5, 0.6) is 0 Å². The topological polar surface area (TPSA) is 92.3 Å². The monoisotopic (exact) mass is 379 g/mol. The van der Waals surface area contributed by atoms with Crippen LogP contribution in [0.3, 0.4) is 0 Å². The third-order valence-corrected chi connectivity index (χ3v) is 4.66. The highest BCUT2D eigenvalue weighted by Crippen LogP contribution is 2.26. The molecule has 3 heterocycles. The number of pyridine rings is 1. The van der Waals surface area contributed by atoms with Crippen molar-refractivity contribution in [1.29, 1.82) is 0 Å². The molecular weight excluding hydrogens is 362 g/mol. The highest BCUT2D eigenvalue weighted by Gasteiger charge is 2.14. The van der Waals surface area contributed by atoms with Crippen molar-refractivity contribution in [2.75, 3.05) is 5.32 Å². The average Bonchev–Trinajstić information content (AvgIpc) is 3.17. The van der Waals surface area contributed by atoms with Gasteiger partial charge in [-0.2, -0.15) is 15.1 Å². The molecule has 0 spiro atoms. The van der Waals surface area contributed by atoms with Gasteiger partial charge in [-0.3, -0.25) is 10.1 Å². The first-order valence-electron chi connectivity index (χ1n) is 9.20. The summed E-state index contributed by atoms with van der Waals surface area (Å²) in [6, 6.07) is 19.7. The van der Waals surface area contributed by atoms with Crippen molar-refractivity contribution in [2.24, 2.45) is 0 Å². The number of hydrogen-bond donors (Lipinski definition) is 2. The lowest BCUT2D eigenvalue weighted by Crippen LogP contribution is -2.04. The van der Waals surface area contributed by atoms with Gasteiger partial charge in [-0.05, 0) is 36.8 Å². The van der Waals surface area contributed by atoms with Crippen molar-refractivity contribution >= 4 is 22.7 Å². The zero-order chi connectivity index (χ0) is 19.6. The van der Waals surface area contributed by atoms with Gasteiger partial charge in [0.25, 0.3) is 0 Å². The second-order valence-corrected chi connectivity index (χ2v) is 6.60. The number of aromatic nitrogens is 6. The Morgan fingerprint density at radius 2 is 1.55 bits per heavy atom. The minimum atomic E-state index is 0.433. The van der Waals surface area contributed by atoms with Gasteiger partial charge in [-0.15, -0.1) is 0 Å². The molecule has 29 heavy (non-hydrogen) atoms. The molecular formula is C22H17N7. The molecule has 0 amide bonds. The van der Waals surface area contributed by atoms with Crippen LogP contribution in [0.4, 0.5) is 11.8 Å². The summed E-state index contributed by atoms with van der Waals surface area (Å²) in [5.41, 5.74) is 3.86. The number of aryl methyl sites for hydroxylation is 1. The predicted octanol–water partition coefficient (Wildman–Crippen LogP) is 4.53. The van der Waals surface area contributed by atoms with E-state index in [1.165, 1.54) is 0 Å². The maximum Gasteiger partial charge on any atom is 0.232 e. The van der Waals surface area contributed by atoms with Crippen molar-refractivity contribution in [3.05, 3.63) is 78.6 Å². The van der Waals surface area contributed by atoms with Crippen molar-refractivity contribution in [2.45, 2.75) is 6.92 Å². The van der Waals surface area contributed by atoms with Crippen LogP contribution in [0.25, 0.3) is 33.7 Å². The van der Waals surface area contributed by atoms with Crippen LogP contribution in [0, 0.1) is 6.92 Å². The first-order chi connectivity index (χ1) is 14.3. The van der Waals surface area contributed by atoms with E-state index in [0.29, 0.717) is 23.4 Å². The molecule has 0 fully saturated rings. The zero-order valence-corrected chi connectivity index (χ0v) is 15.7. The molecule has 3 aromatic heterocycles. The molecule has 0 aliphatic rings. The van der Waals surface area contributed by atoms with E-state index in [0.717, 1.165) is 27.6 Å². The molecule has 2 aromatic carbocycles. The Morgan fingerprint density at radius 3 is 2.41 bits per heavy atom. The fraction of sp³-hybridized carbons (Fsp3) is 0.0455. The van der Waals surface area contributed by atoms with Gasteiger partial charge < -0.3 is 5.32 Å². The zero-order valence-electron chi connectivity index (χ0n) is 15.7. The van der Waals surface area contributed by atoms with E-state index in [4.69, 9.17) is 4.98 Å². The predicted molar refractivity (Wildman–Crippen MR) is 113 cm³/mol. The standard InChI is InChI=1S/C22H17N7/c1-14-6-2-3-7-16(14)20-24-19(15-10-12-23-13-11-15)25-22(26-20)27-21-17-8-4-5-9-18(17)28-29-21/h2-13H,1H3,(H2,24,25,26,27,28,29). The largest absolute Gasteiger partial charge is 0.307 e. The van der Waals surface area contributed by atoms with Gasteiger partial charge >= 0.3 is 0 Å². The maximum atomic E-state index is 4.71. The fourth-order valence-electron chi connectivity index (χ4n) is 3.17. The summed E-state index contributed by atoms with van der Waals surface area (Å²) >= 11 is 0. The SMILES string of the molecule is Cc1ccccc1-c1nc(Nc2n[nH]c3ccccc23)nc(-c2ccncc2)n1. The maximum absolute atomic E-state index is 4.71. The summed E-state index contributed by atoms with van der Waals surface area (Å²) in [6.07, 6.45) is 3.45. The number of rotatable bonds is 4. The Hall–Kier alpha value is -4.13. The number of fused-ring (bicyclic) bond motifs is 1. The molecule has 0 bridgehead atoms. The van der Waals surface area contributed by atoms with Gasteiger partial charge in [-0.1, -0.05) is 36.4 Å². The van der Waals surface area contributed by atoms with E-state index in [-0.39, 0.29) is 0 Å². The van der Waals surface area contributed by atoms with E-state index in [1.54, 1.807) is 12.4 Å². The molecule has 5 aromatic rings. The van der Waals surface area contributed by atoms with Crippen molar-refractivity contribution in [3.63, 3.8) is 0 Å². The van der Waals surface area contributed by atoms with Crippen molar-refractivity contribution < 1.29 is 0 Å². The molecule has 0 unspecified atom stereocenters. The number of aromatic amines is 1. The molecule has 0 atom stereocenters. The Bertz CT molecular complexity index is 1300. The minimum Gasteiger partial charge on any atom is -0.307 e. The van der Waals surface area contributed by atoms with Crippen LogP contribution in [0.1, 0.15) is 5.56 Å². The van der Waals surface area contributed by atoms with Crippen LogP contribution < -0.4 is 5.32 Å². The fourth-order valence-corrected chi connectivity index (χ4v) is 3.17. The summed E-state index contributed by atoms with van der Waals surface area (Å²) in [6.45, 7) is 2.04. The summed E-state index contributed by atoms with van der Waals surface area (Å²) in [7, 11) is 0. The molecule has 0 radical (unpaired) electrons. The summed E-state index contributed by atoms with van der Waals surface area (Å²) < 4.78 is 0. The first kappa shape index (κ1) is 17.0. The molecule has 0 saturated carbocycles. The molecule has 0 aliphatic heterocycles. The summed E-state index contributed by atoms with van der Waals surface area (Å²) in [5, 5.41) is 11.6. The number of hydrogen-bond acceptors (Lipinski definition) is 6. The van der Waals surface area contributed by atoms with Crippen LogP contribution in [-0.2, 0) is 0 Å². The van der Waals surface area contributed by atoms with Gasteiger partial charge in [0.05, 0.1) is 5.52 Å². The van der Waals surface area contributed by atoms with E-state index in [9.17, 15) is 0 Å². The lowest BCUT2D eigenvalue weighted by atomic mass is 10.1. The van der Waals surface area contributed by atoms with Gasteiger partial charge in [0.1, 0.15) is 0 Å². The van der Waals surface area contributed by atoms with Crippen molar-refractivity contribution in [1.82, 2.24) is 30.1 Å². The Morgan fingerprint density at radius 1 is 0.793 bits per heavy atom. The highest BCUT2D eigenvalue weighted by molar-refractivity contribution is 5.90. The highest BCUT2D eigenvalue weighted by atomic mass is 15.2. The normalized spacial score (nSPS) is 10.9. The van der Waals surface area contributed by atoms with Crippen molar-refractivity contribution in [3.8, 4) is 22.8 Å². The van der Waals surface area contributed by atoms with Crippen LogP contribution in [0.2, 0.25) is 0 Å². The van der Waals surface area contributed by atoms with E-state index >= 15 is 0 Å². The molecule has 7 nitrogen and oxygen atoms in total. The molecule has 2 N–H and O–H groups in total. The van der Waals surface area contributed by atoms with Gasteiger partial charge in [0.15, 0.2) is 17.5 Å². The Balaban J connectivity index is 1.64. The number of para-hydroxylation sites is 1. The quantitative estimate of drug-likeness (QED) is 0.477. The molecule has 5 rings (SSSR count). The second kappa shape index (κ2) is 7.12. The van der Waals surface area contributed by atoms with E-state index < -0.39 is 0 Å². The van der Waals surface area contributed by atoms with Crippen LogP contribution in [0.15, 0.2) is 73.1 Å². The molecule has 7 heteroatoms. The lowest BCUT2D eigenvalue weighted by molar-refractivity contribution is 1.05. The molecule has 140 valence electrons. The lowest BCUT2D eigenvalue weighted by Gasteiger charge is -2.10. The van der Waals surface area contributed by atoms with Gasteiger partial charge in [-0.25, -0.2) is 4.98 Å². The minimum absolute atomic E-state index is 0.433. The Kier molecular flexibility index (Phi) is 4.18. The van der Waals surface area contributed by atoms with Gasteiger partial charge in [0, 0.05) is 28.9 Å².